The summed E-state index contributed by atoms with van der Waals surface area (Å²) in [5, 5.41) is 14.2. The number of rotatable bonds is 0. The second-order valence-corrected chi connectivity index (χ2v) is 0.141. The third kappa shape index (κ3) is 18.2. The second-order valence-electron chi connectivity index (χ2n) is 0.141. The van der Waals surface area contributed by atoms with E-state index in [4.69, 9.17) is 10.0 Å². The first-order chi connectivity index (χ1) is 1.41. The Bertz CT molecular complexity index is 6.00. The van der Waals surface area contributed by atoms with Gasteiger partial charge in [0.2, 0.25) is 0 Å². The van der Waals surface area contributed by atoms with Gasteiger partial charge >= 0.3 is 7.69 Å². The maximum Gasteiger partial charge on any atom is 0.432 e. The Balaban J connectivity index is 0. The van der Waals surface area contributed by atoms with E-state index in [1.165, 1.54) is 0 Å². The van der Waals surface area contributed by atoms with Gasteiger partial charge in [-0.2, -0.15) is 0 Å². The van der Waals surface area contributed by atoms with Crippen molar-refractivity contribution in [2.24, 2.45) is 0 Å². The molecule has 0 aliphatic heterocycles. The van der Waals surface area contributed by atoms with Crippen LogP contribution < -0.4 is 0 Å². The molecule has 2 N–H and O–H groups in total. The minimum Gasteiger partial charge on any atom is -0.430 e. The van der Waals surface area contributed by atoms with Gasteiger partial charge in [-0.05, 0) is 0 Å². The molecule has 0 aromatic heterocycles. The molecule has 0 atom stereocenters. The summed E-state index contributed by atoms with van der Waals surface area (Å²) < 4.78 is 0. The summed E-state index contributed by atoms with van der Waals surface area (Å²) in [5.41, 5.74) is 0. The average molecular weight is 147 g/mol. The third-order valence-electron chi connectivity index (χ3n) is 0. The van der Waals surface area contributed by atoms with Gasteiger partial charge in [0.05, 0.1) is 0 Å². The first-order valence-electron chi connectivity index (χ1n) is 0.632. The summed E-state index contributed by atoms with van der Waals surface area (Å²) in [6.07, 6.45) is 0. The zero-order valence-electron chi connectivity index (χ0n) is 1.96. The minimum absolute atomic E-state index is 0. The molecule has 0 radical (unpaired) electrons. The molecule has 0 heterocycles. The van der Waals surface area contributed by atoms with E-state index in [9.17, 15) is 0 Å². The van der Waals surface area contributed by atoms with Gasteiger partial charge in [-0.1, -0.05) is 0 Å². The van der Waals surface area contributed by atoms with E-state index in [0.717, 1.165) is 0 Å². The van der Waals surface area contributed by atoms with Crippen molar-refractivity contribution in [2.75, 3.05) is 0 Å². The molecule has 2 nitrogen and oxygen atoms in total. The second kappa shape index (κ2) is 9.49. The molecular weight excluding hydrogens is 144 g/mol. The molecule has 0 aromatic carbocycles. The van der Waals surface area contributed by atoms with Crippen LogP contribution in [0, 0.1) is 0 Å². The van der Waals surface area contributed by atoms with Crippen molar-refractivity contribution in [3.8, 4) is 0 Å². The maximum atomic E-state index is 7.12. The van der Waals surface area contributed by atoms with E-state index < -0.39 is 7.69 Å². The van der Waals surface area contributed by atoms with Crippen molar-refractivity contribution in [2.45, 2.75) is 0 Å². The van der Waals surface area contributed by atoms with Gasteiger partial charge in [0.15, 0.2) is 0 Å². The Labute approximate surface area is 37.9 Å². The fourth-order valence-electron chi connectivity index (χ4n) is 0. The summed E-state index contributed by atoms with van der Waals surface area (Å²) in [5.74, 6) is 0. The molecule has 0 spiro atoms. The molecule has 0 aromatic rings. The molecule has 0 bridgehead atoms. The Kier molecular flexibility index (Phi) is 20.9. The number of hydrogen-bond acceptors (Lipinski definition) is 2. The van der Waals surface area contributed by atoms with Crippen molar-refractivity contribution in [1.29, 1.82) is 0 Å². The molecule has 0 rings (SSSR count). The predicted molar refractivity (Wildman–Crippen MR) is 11.6 cm³/mol. The molecule has 0 aliphatic carbocycles. The Morgan fingerprint density at radius 2 is 1.25 bits per heavy atom. The summed E-state index contributed by atoms with van der Waals surface area (Å²) in [4.78, 5) is 0. The van der Waals surface area contributed by atoms with Crippen LogP contribution in [-0.2, 0) is 19.5 Å². The molecule has 0 aliphatic rings. The van der Waals surface area contributed by atoms with Gasteiger partial charge in [-0.25, -0.2) is 0 Å². The molecule has 0 saturated heterocycles. The Morgan fingerprint density at radius 3 is 1.25 bits per heavy atom. The van der Waals surface area contributed by atoms with Gasteiger partial charge in [0, 0.05) is 19.5 Å². The van der Waals surface area contributed by atoms with Crippen LogP contribution in [0.2, 0.25) is 0 Å². The van der Waals surface area contributed by atoms with Crippen LogP contribution in [-0.4, -0.2) is 17.7 Å². The van der Waals surface area contributed by atoms with Crippen LogP contribution >= 0.6 is 0 Å². The SMILES string of the molecule is OBO.[Ru]. The van der Waals surface area contributed by atoms with Crippen LogP contribution in [0.3, 0.4) is 0 Å². The predicted octanol–water partition coefficient (Wildman–Crippen LogP) is -1.77. The quantitative estimate of drug-likeness (QED) is 0.398. The molecule has 26 valence electrons. The molecule has 0 amide bonds. The topological polar surface area (TPSA) is 40.5 Å². The number of hydrogen-bond donors (Lipinski definition) is 2. The van der Waals surface area contributed by atoms with Gasteiger partial charge in [-0.15, -0.1) is 0 Å². The fourth-order valence-corrected chi connectivity index (χ4v) is 0. The fraction of sp³-hybridized carbons (Fsp3) is 0. The summed E-state index contributed by atoms with van der Waals surface area (Å²) in [6, 6.07) is 0. The first kappa shape index (κ1) is 8.82. The normalized spacial score (nSPS) is 3.50. The summed E-state index contributed by atoms with van der Waals surface area (Å²) in [6.45, 7) is 0. The minimum atomic E-state index is -0.750. The molecule has 4 heteroatoms. The van der Waals surface area contributed by atoms with Crippen molar-refractivity contribution in [3.05, 3.63) is 0 Å². The van der Waals surface area contributed by atoms with Crippen molar-refractivity contribution in [1.82, 2.24) is 0 Å². The third-order valence-corrected chi connectivity index (χ3v) is 0. The Morgan fingerprint density at radius 1 is 1.25 bits per heavy atom. The molecule has 0 fully saturated rings. The summed E-state index contributed by atoms with van der Waals surface area (Å²) in [7, 11) is -0.750. The summed E-state index contributed by atoms with van der Waals surface area (Å²) >= 11 is 0. The standard InChI is InChI=1S/BH3O2.Ru/c2-1-3;/h1-3H;. The van der Waals surface area contributed by atoms with E-state index in [1.807, 2.05) is 0 Å². The first-order valence-corrected chi connectivity index (χ1v) is 0.632. The average Bonchev–Trinajstić information content (AvgIpc) is 0.918. The maximum absolute atomic E-state index is 7.12. The largest absolute Gasteiger partial charge is 0.432 e. The van der Waals surface area contributed by atoms with Gasteiger partial charge < -0.3 is 10.0 Å². The van der Waals surface area contributed by atoms with Crippen LogP contribution in [0.1, 0.15) is 0 Å². The van der Waals surface area contributed by atoms with Gasteiger partial charge in [-0.3, -0.25) is 0 Å². The van der Waals surface area contributed by atoms with E-state index in [1.54, 1.807) is 0 Å². The molecule has 4 heavy (non-hydrogen) atoms. The molecule has 0 unspecified atom stereocenters. The zero-order chi connectivity index (χ0) is 2.71. The van der Waals surface area contributed by atoms with E-state index >= 15 is 0 Å². The smallest absolute Gasteiger partial charge is 0.430 e. The van der Waals surface area contributed by atoms with Crippen LogP contribution in [0.4, 0.5) is 0 Å². The zero-order valence-corrected chi connectivity index (χ0v) is 3.69. The van der Waals surface area contributed by atoms with E-state index in [0.29, 0.717) is 0 Å². The van der Waals surface area contributed by atoms with Gasteiger partial charge in [0.1, 0.15) is 0 Å². The van der Waals surface area contributed by atoms with Crippen LogP contribution in [0.15, 0.2) is 0 Å². The van der Waals surface area contributed by atoms with Crippen molar-refractivity contribution in [3.63, 3.8) is 0 Å². The van der Waals surface area contributed by atoms with Crippen molar-refractivity contribution < 1.29 is 29.5 Å². The van der Waals surface area contributed by atoms with E-state index in [2.05, 4.69) is 0 Å². The van der Waals surface area contributed by atoms with Crippen LogP contribution in [0.5, 0.6) is 0 Å². The monoisotopic (exact) mass is 148 g/mol. The molecule has 0 saturated carbocycles. The van der Waals surface area contributed by atoms with Crippen molar-refractivity contribution >= 4 is 7.69 Å². The van der Waals surface area contributed by atoms with E-state index in [-0.39, 0.29) is 19.5 Å². The van der Waals surface area contributed by atoms with Crippen LogP contribution in [0.25, 0.3) is 0 Å². The van der Waals surface area contributed by atoms with Gasteiger partial charge in [0.25, 0.3) is 0 Å². The Hall–Kier alpha value is 0.608. The molecular formula is H3BO2Ru.